The molecule has 0 atom stereocenters. The van der Waals surface area contributed by atoms with Crippen molar-refractivity contribution in [3.8, 4) is 0 Å². The zero-order valence-corrected chi connectivity index (χ0v) is 11.3. The quantitative estimate of drug-likeness (QED) is 0.907. The van der Waals surface area contributed by atoms with E-state index in [1.54, 1.807) is 0 Å². The molecule has 0 amide bonds. The van der Waals surface area contributed by atoms with E-state index in [2.05, 4.69) is 20.9 Å². The van der Waals surface area contributed by atoms with Gasteiger partial charge in [0.05, 0.1) is 6.42 Å². The Bertz CT molecular complexity index is 572. The maximum Gasteiger partial charge on any atom is 0.304 e. The summed E-state index contributed by atoms with van der Waals surface area (Å²) in [6.07, 6.45) is 2.02. The largest absolute Gasteiger partial charge is 0.481 e. The van der Waals surface area contributed by atoms with Crippen molar-refractivity contribution in [1.29, 1.82) is 0 Å². The molecular weight excluding hydrogens is 282 g/mol. The summed E-state index contributed by atoms with van der Waals surface area (Å²) < 4.78 is 1.01. The minimum Gasteiger partial charge on any atom is -0.481 e. The number of carboxylic acid groups (broad SMARTS) is 1. The standard InChI is InChI=1S/C13H14BrNO2/c1-13(2,6-12(16)17)10-7-15-11-5-8(14)3-4-9(10)11/h3-5,7,15H,6H2,1-2H3,(H,16,17). The molecule has 0 bridgehead atoms. The summed E-state index contributed by atoms with van der Waals surface area (Å²) in [5, 5.41) is 10.0. The van der Waals surface area contributed by atoms with Crippen LogP contribution >= 0.6 is 15.9 Å². The first-order chi connectivity index (χ1) is 7.90. The summed E-state index contributed by atoms with van der Waals surface area (Å²) in [5.41, 5.74) is 1.69. The molecule has 0 aliphatic carbocycles. The van der Waals surface area contributed by atoms with Crippen LogP contribution in [-0.4, -0.2) is 16.1 Å². The number of rotatable bonds is 3. The van der Waals surface area contributed by atoms with Crippen LogP contribution in [0.3, 0.4) is 0 Å². The first-order valence-corrected chi connectivity index (χ1v) is 6.18. The zero-order valence-electron chi connectivity index (χ0n) is 9.75. The van der Waals surface area contributed by atoms with E-state index in [9.17, 15) is 4.79 Å². The molecule has 1 aromatic carbocycles. The highest BCUT2D eigenvalue weighted by Crippen LogP contribution is 2.33. The van der Waals surface area contributed by atoms with Gasteiger partial charge in [-0.15, -0.1) is 0 Å². The number of fused-ring (bicyclic) bond motifs is 1. The van der Waals surface area contributed by atoms with Gasteiger partial charge in [0.2, 0.25) is 0 Å². The van der Waals surface area contributed by atoms with Crippen LogP contribution in [0.25, 0.3) is 10.9 Å². The average molecular weight is 296 g/mol. The van der Waals surface area contributed by atoms with Gasteiger partial charge < -0.3 is 10.1 Å². The lowest BCUT2D eigenvalue weighted by atomic mass is 9.81. The molecule has 0 saturated heterocycles. The van der Waals surface area contributed by atoms with Crippen LogP contribution < -0.4 is 0 Å². The molecule has 1 heterocycles. The lowest BCUT2D eigenvalue weighted by Crippen LogP contribution is -2.21. The normalized spacial score (nSPS) is 11.9. The van der Waals surface area contributed by atoms with Crippen molar-refractivity contribution in [3.05, 3.63) is 34.4 Å². The van der Waals surface area contributed by atoms with Crippen LogP contribution in [0, 0.1) is 0 Å². The number of carboxylic acids is 1. The van der Waals surface area contributed by atoms with Gasteiger partial charge in [-0.05, 0) is 17.7 Å². The van der Waals surface area contributed by atoms with Gasteiger partial charge >= 0.3 is 5.97 Å². The summed E-state index contributed by atoms with van der Waals surface area (Å²) in [6.45, 7) is 3.90. The SMILES string of the molecule is CC(C)(CC(=O)O)c1c[nH]c2cc(Br)ccc12. The number of aromatic nitrogens is 1. The van der Waals surface area contributed by atoms with Crippen LogP contribution in [0.1, 0.15) is 25.8 Å². The minimum atomic E-state index is -0.776. The Morgan fingerprint density at radius 2 is 2.18 bits per heavy atom. The second kappa shape index (κ2) is 4.18. The highest BCUT2D eigenvalue weighted by Gasteiger charge is 2.26. The van der Waals surface area contributed by atoms with Gasteiger partial charge in [0, 0.05) is 27.0 Å². The number of H-pyrrole nitrogens is 1. The second-order valence-electron chi connectivity index (χ2n) is 4.85. The van der Waals surface area contributed by atoms with Gasteiger partial charge in [0.15, 0.2) is 0 Å². The van der Waals surface area contributed by atoms with Crippen molar-refractivity contribution in [2.24, 2.45) is 0 Å². The molecule has 0 spiro atoms. The Morgan fingerprint density at radius 3 is 2.82 bits per heavy atom. The van der Waals surface area contributed by atoms with Crippen molar-refractivity contribution in [2.75, 3.05) is 0 Å². The highest BCUT2D eigenvalue weighted by molar-refractivity contribution is 9.10. The van der Waals surface area contributed by atoms with Crippen LogP contribution in [-0.2, 0) is 10.2 Å². The van der Waals surface area contributed by atoms with Gasteiger partial charge in [-0.3, -0.25) is 4.79 Å². The first kappa shape index (κ1) is 12.2. The monoisotopic (exact) mass is 295 g/mol. The molecule has 17 heavy (non-hydrogen) atoms. The molecule has 90 valence electrons. The van der Waals surface area contributed by atoms with Crippen LogP contribution in [0.2, 0.25) is 0 Å². The number of aromatic amines is 1. The zero-order chi connectivity index (χ0) is 12.6. The molecule has 3 nitrogen and oxygen atoms in total. The summed E-state index contributed by atoms with van der Waals surface area (Å²) in [6, 6.07) is 5.97. The molecule has 0 unspecified atom stereocenters. The van der Waals surface area contributed by atoms with Crippen molar-refractivity contribution < 1.29 is 9.90 Å². The number of carbonyl (C=O) groups is 1. The van der Waals surface area contributed by atoms with E-state index in [0.29, 0.717) is 0 Å². The third-order valence-electron chi connectivity index (χ3n) is 2.97. The van der Waals surface area contributed by atoms with Crippen molar-refractivity contribution in [1.82, 2.24) is 4.98 Å². The predicted octanol–water partition coefficient (Wildman–Crippen LogP) is 3.68. The maximum atomic E-state index is 10.9. The number of halogens is 1. The smallest absolute Gasteiger partial charge is 0.304 e. The van der Waals surface area contributed by atoms with Crippen molar-refractivity contribution in [2.45, 2.75) is 25.7 Å². The average Bonchev–Trinajstić information content (AvgIpc) is 2.58. The molecule has 0 saturated carbocycles. The topological polar surface area (TPSA) is 53.1 Å². The fourth-order valence-electron chi connectivity index (χ4n) is 2.13. The van der Waals surface area contributed by atoms with Gasteiger partial charge in [-0.1, -0.05) is 35.8 Å². The minimum absolute atomic E-state index is 0.121. The molecule has 0 aliphatic heterocycles. The number of hydrogen-bond acceptors (Lipinski definition) is 1. The highest BCUT2D eigenvalue weighted by atomic mass is 79.9. The van der Waals surface area contributed by atoms with E-state index >= 15 is 0 Å². The molecule has 2 rings (SSSR count). The van der Waals surface area contributed by atoms with E-state index in [4.69, 9.17) is 5.11 Å². The van der Waals surface area contributed by atoms with E-state index in [1.165, 1.54) is 0 Å². The number of benzene rings is 1. The lowest BCUT2D eigenvalue weighted by molar-refractivity contribution is -0.138. The third-order valence-corrected chi connectivity index (χ3v) is 3.46. The molecule has 1 aromatic heterocycles. The predicted molar refractivity (Wildman–Crippen MR) is 71.3 cm³/mol. The Balaban J connectivity index is 2.52. The second-order valence-corrected chi connectivity index (χ2v) is 5.76. The third kappa shape index (κ3) is 2.36. The number of nitrogens with one attached hydrogen (secondary N) is 1. The Hall–Kier alpha value is -1.29. The Kier molecular flexibility index (Phi) is 3.00. The van der Waals surface area contributed by atoms with Crippen LogP contribution in [0.5, 0.6) is 0 Å². The Morgan fingerprint density at radius 1 is 1.47 bits per heavy atom. The van der Waals surface area contributed by atoms with Crippen LogP contribution in [0.4, 0.5) is 0 Å². The fourth-order valence-corrected chi connectivity index (χ4v) is 2.49. The molecule has 0 aliphatic rings. The van der Waals surface area contributed by atoms with Crippen molar-refractivity contribution in [3.63, 3.8) is 0 Å². The molecular formula is C13H14BrNO2. The summed E-state index contributed by atoms with van der Waals surface area (Å²) >= 11 is 3.42. The lowest BCUT2D eigenvalue weighted by Gasteiger charge is -2.21. The summed E-state index contributed by atoms with van der Waals surface area (Å²) in [7, 11) is 0. The summed E-state index contributed by atoms with van der Waals surface area (Å²) in [4.78, 5) is 14.1. The number of aliphatic carboxylic acids is 1. The maximum absolute atomic E-state index is 10.9. The van der Waals surface area contributed by atoms with E-state index in [1.807, 2.05) is 38.2 Å². The number of hydrogen-bond donors (Lipinski definition) is 2. The molecule has 0 radical (unpaired) electrons. The van der Waals surface area contributed by atoms with Gasteiger partial charge in [-0.2, -0.15) is 0 Å². The molecule has 2 aromatic rings. The van der Waals surface area contributed by atoms with E-state index < -0.39 is 5.97 Å². The van der Waals surface area contributed by atoms with E-state index in [-0.39, 0.29) is 11.8 Å². The van der Waals surface area contributed by atoms with Gasteiger partial charge in [0.25, 0.3) is 0 Å². The Labute approximate surface area is 108 Å². The summed E-state index contributed by atoms with van der Waals surface area (Å²) in [5.74, 6) is -0.776. The van der Waals surface area contributed by atoms with Crippen LogP contribution in [0.15, 0.2) is 28.9 Å². The van der Waals surface area contributed by atoms with E-state index in [0.717, 1.165) is 20.9 Å². The van der Waals surface area contributed by atoms with Gasteiger partial charge in [-0.25, -0.2) is 0 Å². The molecule has 4 heteroatoms. The fraction of sp³-hybridized carbons (Fsp3) is 0.308. The molecule has 2 N–H and O–H groups in total. The molecule has 0 fully saturated rings. The van der Waals surface area contributed by atoms with Gasteiger partial charge in [0.1, 0.15) is 0 Å². The van der Waals surface area contributed by atoms with Crippen molar-refractivity contribution >= 4 is 32.8 Å². The first-order valence-electron chi connectivity index (χ1n) is 5.39.